The summed E-state index contributed by atoms with van der Waals surface area (Å²) in [7, 11) is 0. The molecule has 1 aromatic heterocycles. The van der Waals surface area contributed by atoms with Gasteiger partial charge in [0.1, 0.15) is 5.82 Å². The van der Waals surface area contributed by atoms with Gasteiger partial charge in [-0.1, -0.05) is 11.6 Å². The zero-order chi connectivity index (χ0) is 19.1. The first kappa shape index (κ1) is 18.7. The lowest BCUT2D eigenvalue weighted by Gasteiger charge is -2.56. The Morgan fingerprint density at radius 1 is 1.37 bits per heavy atom. The summed E-state index contributed by atoms with van der Waals surface area (Å²) in [5.41, 5.74) is 14.6. The molecule has 27 heavy (non-hydrogen) atoms. The number of allylic oxidation sites excluding steroid dienone is 1. The molecule has 4 heterocycles. The van der Waals surface area contributed by atoms with Crippen LogP contribution in [0.25, 0.3) is 5.70 Å². The Hall–Kier alpha value is -1.63. The van der Waals surface area contributed by atoms with Gasteiger partial charge in [-0.15, -0.1) is 0 Å². The van der Waals surface area contributed by atoms with Gasteiger partial charge < -0.3 is 16.2 Å². The highest BCUT2D eigenvalue weighted by molar-refractivity contribution is 6.32. The van der Waals surface area contributed by atoms with Crippen molar-refractivity contribution in [2.45, 2.75) is 32.4 Å². The van der Waals surface area contributed by atoms with Crippen molar-refractivity contribution in [1.82, 2.24) is 9.88 Å². The molecule has 3 saturated heterocycles. The lowest BCUT2D eigenvalue weighted by molar-refractivity contribution is -0.116. The standard InChI is InChI=1S/C20H28ClN5O/c1-11(2)25-18(5-17(22)12-4-16(21)20(23)24-6-12)19-13-3-14(19)8-26(7-13)15-9-27-10-15/h4-6,11,13-15,19H,3,7-10,22H2,1-2H3,(H2,23,24). The summed E-state index contributed by atoms with van der Waals surface area (Å²) >= 11 is 6.11. The zero-order valence-corrected chi connectivity index (χ0v) is 16.7. The Morgan fingerprint density at radius 2 is 2.07 bits per heavy atom. The van der Waals surface area contributed by atoms with Crippen molar-refractivity contribution >= 4 is 28.8 Å². The fraction of sp³-hybridized carbons (Fsp3) is 0.600. The number of nitrogen functional groups attached to an aromatic ring is 1. The Balaban J connectivity index is 1.55. The topological polar surface area (TPSA) is 89.8 Å². The van der Waals surface area contributed by atoms with Gasteiger partial charge in [0.05, 0.1) is 24.3 Å². The van der Waals surface area contributed by atoms with Gasteiger partial charge in [-0.3, -0.25) is 9.89 Å². The number of piperidine rings is 2. The van der Waals surface area contributed by atoms with E-state index in [4.69, 9.17) is 32.8 Å². The first-order valence-electron chi connectivity index (χ1n) is 9.70. The second-order valence-corrected chi connectivity index (χ2v) is 8.67. The second kappa shape index (κ2) is 7.41. The summed E-state index contributed by atoms with van der Waals surface area (Å²) < 4.78 is 5.37. The molecule has 0 spiro atoms. The lowest BCUT2D eigenvalue weighted by Crippen LogP contribution is -2.63. The van der Waals surface area contributed by atoms with Gasteiger partial charge >= 0.3 is 0 Å². The number of nitrogens with zero attached hydrogens (tertiary/aromatic N) is 3. The van der Waals surface area contributed by atoms with Gasteiger partial charge in [-0.25, -0.2) is 4.98 Å². The van der Waals surface area contributed by atoms with Crippen LogP contribution in [0.1, 0.15) is 25.8 Å². The number of halogens is 1. The van der Waals surface area contributed by atoms with Crippen molar-refractivity contribution < 1.29 is 4.74 Å². The van der Waals surface area contributed by atoms with Gasteiger partial charge in [-0.2, -0.15) is 0 Å². The molecule has 1 aliphatic carbocycles. The Bertz CT molecular complexity index is 762. The second-order valence-electron chi connectivity index (χ2n) is 8.27. The minimum Gasteiger partial charge on any atom is -0.398 e. The number of aromatic nitrogens is 1. The highest BCUT2D eigenvalue weighted by atomic mass is 35.5. The van der Waals surface area contributed by atoms with Crippen LogP contribution < -0.4 is 11.5 Å². The average molecular weight is 390 g/mol. The molecule has 0 radical (unpaired) electrons. The van der Waals surface area contributed by atoms with Crippen LogP contribution in [0, 0.1) is 17.8 Å². The number of nitrogens with two attached hydrogens (primary N) is 2. The van der Waals surface area contributed by atoms with Crippen molar-refractivity contribution in [2.75, 3.05) is 32.0 Å². The molecule has 5 rings (SSSR count). The molecule has 1 aromatic rings. The molecule has 7 heteroatoms. The maximum atomic E-state index is 6.38. The number of rotatable bonds is 5. The van der Waals surface area contributed by atoms with Crippen molar-refractivity contribution in [3.05, 3.63) is 28.9 Å². The smallest absolute Gasteiger partial charge is 0.142 e. The van der Waals surface area contributed by atoms with Crippen molar-refractivity contribution in [2.24, 2.45) is 28.5 Å². The maximum Gasteiger partial charge on any atom is 0.142 e. The molecule has 2 unspecified atom stereocenters. The first-order chi connectivity index (χ1) is 12.9. The molecule has 1 saturated carbocycles. The van der Waals surface area contributed by atoms with Crippen molar-refractivity contribution in [3.8, 4) is 0 Å². The highest BCUT2D eigenvalue weighted by Crippen LogP contribution is 2.47. The largest absolute Gasteiger partial charge is 0.398 e. The molecule has 6 nitrogen and oxygen atoms in total. The third-order valence-corrected chi connectivity index (χ3v) is 6.25. The Kier molecular flexibility index (Phi) is 5.14. The van der Waals surface area contributed by atoms with Crippen molar-refractivity contribution in [3.63, 3.8) is 0 Å². The third-order valence-electron chi connectivity index (χ3n) is 5.95. The molecule has 4 N–H and O–H groups in total. The fourth-order valence-electron chi connectivity index (χ4n) is 4.51. The van der Waals surface area contributed by atoms with Crippen LogP contribution in [0.5, 0.6) is 0 Å². The van der Waals surface area contributed by atoms with Crippen LogP contribution in [-0.2, 0) is 4.74 Å². The molecule has 146 valence electrons. The number of hydrogen-bond donors (Lipinski definition) is 2. The first-order valence-corrected chi connectivity index (χ1v) is 10.1. The Labute approximate surface area is 165 Å². The van der Waals surface area contributed by atoms with E-state index in [0.29, 0.717) is 40.3 Å². The van der Waals surface area contributed by atoms with E-state index in [1.807, 2.05) is 6.08 Å². The number of anilines is 1. The number of pyridine rings is 1. The molecule has 3 aliphatic heterocycles. The minimum atomic E-state index is 0.231. The maximum absolute atomic E-state index is 6.38. The van der Waals surface area contributed by atoms with Crippen LogP contribution >= 0.6 is 11.6 Å². The molecule has 2 atom stereocenters. The average Bonchev–Trinajstić information content (AvgIpc) is 2.55. The van der Waals surface area contributed by atoms with E-state index in [9.17, 15) is 0 Å². The molecule has 4 aliphatic rings. The quantitative estimate of drug-likeness (QED) is 0.755. The van der Waals surface area contributed by atoms with Crippen molar-refractivity contribution in [1.29, 1.82) is 0 Å². The minimum absolute atomic E-state index is 0.231. The predicted octanol–water partition coefficient (Wildman–Crippen LogP) is 2.43. The van der Waals surface area contributed by atoms with E-state index in [0.717, 1.165) is 37.6 Å². The summed E-state index contributed by atoms with van der Waals surface area (Å²) in [4.78, 5) is 11.6. The van der Waals surface area contributed by atoms with E-state index in [1.165, 1.54) is 6.42 Å². The van der Waals surface area contributed by atoms with Gasteiger partial charge in [0.15, 0.2) is 0 Å². The molecular weight excluding hydrogens is 362 g/mol. The molecule has 4 fully saturated rings. The summed E-state index contributed by atoms with van der Waals surface area (Å²) in [6, 6.07) is 2.61. The molecular formula is C20H28ClN5O. The van der Waals surface area contributed by atoms with Gasteiger partial charge in [0.2, 0.25) is 0 Å². The lowest BCUT2D eigenvalue weighted by atomic mass is 9.59. The van der Waals surface area contributed by atoms with Crippen LogP contribution in [0.3, 0.4) is 0 Å². The fourth-order valence-corrected chi connectivity index (χ4v) is 4.67. The zero-order valence-electron chi connectivity index (χ0n) is 15.9. The molecule has 0 amide bonds. The number of aliphatic imine (C=N–C) groups is 1. The van der Waals surface area contributed by atoms with E-state index in [2.05, 4.69) is 23.7 Å². The van der Waals surface area contributed by atoms with Gasteiger partial charge in [0.25, 0.3) is 0 Å². The van der Waals surface area contributed by atoms with E-state index >= 15 is 0 Å². The van der Waals surface area contributed by atoms with Crippen LogP contribution in [0.15, 0.2) is 23.3 Å². The predicted molar refractivity (Wildman–Crippen MR) is 110 cm³/mol. The van der Waals surface area contributed by atoms with Crippen LogP contribution in [0.2, 0.25) is 5.02 Å². The normalized spacial score (nSPS) is 29.6. The summed E-state index contributed by atoms with van der Waals surface area (Å²) in [6.07, 6.45) is 4.98. The number of ether oxygens (including phenoxy) is 1. The third kappa shape index (κ3) is 3.71. The van der Waals surface area contributed by atoms with Gasteiger partial charge in [0, 0.05) is 48.2 Å². The van der Waals surface area contributed by atoms with Gasteiger partial charge in [-0.05, 0) is 44.2 Å². The number of hydrogen-bond acceptors (Lipinski definition) is 6. The van der Waals surface area contributed by atoms with Crippen LogP contribution in [-0.4, -0.2) is 54.0 Å². The SMILES string of the molecule is CC(C)N=C(C=C(N)c1cnc(N)c(Cl)c1)C1C2CC1CN(C1COC1)C2. The Morgan fingerprint density at radius 3 is 2.63 bits per heavy atom. The highest BCUT2D eigenvalue weighted by Gasteiger charge is 2.50. The van der Waals surface area contributed by atoms with Crippen LogP contribution in [0.4, 0.5) is 5.82 Å². The van der Waals surface area contributed by atoms with E-state index < -0.39 is 0 Å². The monoisotopic (exact) mass is 389 g/mol. The van der Waals surface area contributed by atoms with E-state index in [1.54, 1.807) is 12.3 Å². The summed E-state index contributed by atoms with van der Waals surface area (Å²) in [5.74, 6) is 2.11. The summed E-state index contributed by atoms with van der Waals surface area (Å²) in [6.45, 7) is 8.25. The number of fused-ring (bicyclic) bond motifs is 2. The van der Waals surface area contributed by atoms with E-state index in [-0.39, 0.29) is 6.04 Å². The molecule has 0 aromatic carbocycles. The summed E-state index contributed by atoms with van der Waals surface area (Å²) in [5, 5.41) is 0.421. The molecule has 2 bridgehead atoms.